The van der Waals surface area contributed by atoms with Crippen molar-refractivity contribution in [1.29, 1.82) is 0 Å². The van der Waals surface area contributed by atoms with Crippen LogP contribution in [0.4, 0.5) is 13.2 Å². The first kappa shape index (κ1) is 13.4. The highest BCUT2D eigenvalue weighted by Crippen LogP contribution is 2.25. The summed E-state index contributed by atoms with van der Waals surface area (Å²) in [6.07, 6.45) is -4.18. The third-order valence-corrected chi connectivity index (χ3v) is 0.231. The summed E-state index contributed by atoms with van der Waals surface area (Å²) >= 11 is 0. The molecular weight excluding hydrogens is 190 g/mol. The Balaban J connectivity index is 0. The van der Waals surface area contributed by atoms with Crippen molar-refractivity contribution in [2.45, 2.75) is 6.18 Å². The number of nitrogens with two attached hydrogens (primary N) is 1. The maximum atomic E-state index is 10.7. The monoisotopic (exact) mass is 197 g/mol. The Labute approximate surface area is 59.9 Å². The maximum absolute atomic E-state index is 10.7. The molecule has 0 amide bonds. The van der Waals surface area contributed by atoms with Gasteiger partial charge >= 0.3 is 14.0 Å². The van der Waals surface area contributed by atoms with E-state index in [0.717, 1.165) is 0 Å². The fourth-order valence-electron chi connectivity index (χ4n) is 0. The zero-order valence-corrected chi connectivity index (χ0v) is 6.01. The molecule has 0 aliphatic heterocycles. The largest absolute Gasteiger partial charge is 0.466 e. The second-order valence-corrected chi connectivity index (χ2v) is 2.36. The summed E-state index contributed by atoms with van der Waals surface area (Å²) in [4.78, 5) is 21.6. The summed E-state index contributed by atoms with van der Waals surface area (Å²) in [5.74, 6) is 0. The summed E-state index contributed by atoms with van der Waals surface area (Å²) in [6.45, 7) is -1.23. The van der Waals surface area contributed by atoms with Crippen LogP contribution in [0.3, 0.4) is 0 Å². The van der Waals surface area contributed by atoms with Crippen LogP contribution < -0.4 is 5.73 Å². The van der Waals surface area contributed by atoms with E-state index in [2.05, 4.69) is 5.73 Å². The molecular formula is C2H7F3NO4P. The van der Waals surface area contributed by atoms with Gasteiger partial charge in [0.15, 0.2) is 0 Å². The van der Waals surface area contributed by atoms with Crippen LogP contribution in [0.5, 0.6) is 0 Å². The van der Waals surface area contributed by atoms with E-state index in [4.69, 9.17) is 19.2 Å². The molecule has 0 saturated carbocycles. The first-order chi connectivity index (χ1) is 4.56. The van der Waals surface area contributed by atoms with Crippen molar-refractivity contribution in [3.05, 3.63) is 0 Å². The van der Waals surface area contributed by atoms with Crippen molar-refractivity contribution in [3.8, 4) is 0 Å². The molecule has 5 nitrogen and oxygen atoms in total. The van der Waals surface area contributed by atoms with Gasteiger partial charge in [0, 0.05) is 0 Å². The highest BCUT2D eigenvalue weighted by atomic mass is 31.2. The summed E-state index contributed by atoms with van der Waals surface area (Å²) in [7, 11) is -4.64. The summed E-state index contributed by atoms with van der Waals surface area (Å²) in [5, 5.41) is 0. The molecule has 0 rings (SSSR count). The normalized spacial score (nSPS) is 11.9. The molecule has 5 N–H and O–H groups in total. The van der Waals surface area contributed by atoms with E-state index >= 15 is 0 Å². The molecule has 0 bridgehead atoms. The van der Waals surface area contributed by atoms with Gasteiger partial charge < -0.3 is 20.4 Å². The Hall–Kier alpha value is -0.140. The van der Waals surface area contributed by atoms with Gasteiger partial charge in [0.2, 0.25) is 0 Å². The van der Waals surface area contributed by atoms with Crippen molar-refractivity contribution >= 4 is 7.82 Å². The van der Waals surface area contributed by atoms with Crippen molar-refractivity contribution in [2.24, 2.45) is 5.73 Å². The molecule has 70 valence electrons. The van der Waals surface area contributed by atoms with Gasteiger partial charge in [0.1, 0.15) is 0 Å². The fourth-order valence-corrected chi connectivity index (χ4v) is 0. The van der Waals surface area contributed by atoms with Crippen LogP contribution in [0.25, 0.3) is 0 Å². The Morgan fingerprint density at radius 1 is 1.27 bits per heavy atom. The third-order valence-electron chi connectivity index (χ3n) is 0.231. The topological polar surface area (TPSA) is 104 Å². The highest BCUT2D eigenvalue weighted by molar-refractivity contribution is 7.45. The minimum atomic E-state index is -4.64. The summed E-state index contributed by atoms with van der Waals surface area (Å²) < 4.78 is 40.9. The van der Waals surface area contributed by atoms with E-state index in [-0.39, 0.29) is 0 Å². The quantitative estimate of drug-likeness (QED) is 0.395. The highest BCUT2D eigenvalue weighted by Gasteiger charge is 2.23. The first-order valence-electron chi connectivity index (χ1n) is 2.11. The standard InChI is InChI=1S/C2H4F3N.H3O4P/c3-2(4,5)1-6;1-5(2,3)4/h1,6H2;(H3,1,2,3,4). The van der Waals surface area contributed by atoms with Gasteiger partial charge in [0.25, 0.3) is 0 Å². The lowest BCUT2D eigenvalue weighted by Crippen LogP contribution is -2.21. The lowest BCUT2D eigenvalue weighted by Gasteiger charge is -1.96. The molecule has 0 aliphatic carbocycles. The van der Waals surface area contributed by atoms with Gasteiger partial charge in [-0.2, -0.15) is 13.2 Å². The van der Waals surface area contributed by atoms with Crippen LogP contribution in [0.2, 0.25) is 0 Å². The van der Waals surface area contributed by atoms with Crippen molar-refractivity contribution in [3.63, 3.8) is 0 Å². The first-order valence-corrected chi connectivity index (χ1v) is 3.68. The zero-order valence-electron chi connectivity index (χ0n) is 5.12. The summed E-state index contributed by atoms with van der Waals surface area (Å²) in [5.41, 5.74) is 4.18. The molecule has 0 atom stereocenters. The van der Waals surface area contributed by atoms with Gasteiger partial charge in [-0.05, 0) is 0 Å². The van der Waals surface area contributed by atoms with Crippen LogP contribution >= 0.6 is 7.82 Å². The van der Waals surface area contributed by atoms with Crippen LogP contribution in [0.15, 0.2) is 0 Å². The molecule has 0 unspecified atom stereocenters. The van der Waals surface area contributed by atoms with Crippen molar-refractivity contribution in [2.75, 3.05) is 6.54 Å². The Morgan fingerprint density at radius 2 is 1.36 bits per heavy atom. The fraction of sp³-hybridized carbons (Fsp3) is 1.00. The molecule has 11 heavy (non-hydrogen) atoms. The molecule has 0 aromatic heterocycles. The molecule has 0 aliphatic rings. The van der Waals surface area contributed by atoms with Crippen LogP contribution in [-0.4, -0.2) is 27.4 Å². The number of hydrogen-bond donors (Lipinski definition) is 4. The van der Waals surface area contributed by atoms with Crippen LogP contribution in [0, 0.1) is 0 Å². The minimum absolute atomic E-state index is 1.23. The SMILES string of the molecule is NCC(F)(F)F.O=P(O)(O)O. The average molecular weight is 197 g/mol. The van der Waals surface area contributed by atoms with E-state index < -0.39 is 20.5 Å². The Bertz CT molecular complexity index is 132. The molecule has 0 heterocycles. The predicted molar refractivity (Wildman–Crippen MR) is 29.4 cm³/mol. The van der Waals surface area contributed by atoms with Crippen LogP contribution in [-0.2, 0) is 4.57 Å². The van der Waals surface area contributed by atoms with E-state index in [1.54, 1.807) is 0 Å². The number of halogens is 3. The third kappa shape index (κ3) is 74.5. The molecule has 0 radical (unpaired) electrons. The maximum Gasteiger partial charge on any atom is 0.466 e. The zero-order chi connectivity index (χ0) is 9.71. The second kappa shape index (κ2) is 4.68. The van der Waals surface area contributed by atoms with Gasteiger partial charge in [-0.15, -0.1) is 0 Å². The van der Waals surface area contributed by atoms with E-state index in [9.17, 15) is 13.2 Å². The molecule has 0 aromatic rings. The smallest absolute Gasteiger partial charge is 0.323 e. The number of hydrogen-bond acceptors (Lipinski definition) is 2. The van der Waals surface area contributed by atoms with Crippen molar-refractivity contribution < 1.29 is 32.4 Å². The Kier molecular flexibility index (Phi) is 5.72. The van der Waals surface area contributed by atoms with E-state index in [0.29, 0.717) is 0 Å². The molecule has 0 saturated heterocycles. The second-order valence-electron chi connectivity index (χ2n) is 1.33. The molecule has 0 fully saturated rings. The predicted octanol–water partition coefficient (Wildman–Crippen LogP) is -0.421. The van der Waals surface area contributed by atoms with Crippen LogP contribution in [0.1, 0.15) is 0 Å². The van der Waals surface area contributed by atoms with Gasteiger partial charge in [-0.3, -0.25) is 0 Å². The number of rotatable bonds is 0. The lowest BCUT2D eigenvalue weighted by atomic mass is 10.7. The van der Waals surface area contributed by atoms with Gasteiger partial charge in [0.05, 0.1) is 6.54 Å². The van der Waals surface area contributed by atoms with Gasteiger partial charge in [-0.25, -0.2) is 4.57 Å². The minimum Gasteiger partial charge on any atom is -0.323 e. The van der Waals surface area contributed by atoms with Crippen molar-refractivity contribution in [1.82, 2.24) is 0 Å². The number of phosphoric acid groups is 1. The van der Waals surface area contributed by atoms with E-state index in [1.165, 1.54) is 0 Å². The van der Waals surface area contributed by atoms with Gasteiger partial charge in [-0.1, -0.05) is 0 Å². The Morgan fingerprint density at radius 3 is 1.36 bits per heavy atom. The van der Waals surface area contributed by atoms with E-state index in [1.807, 2.05) is 0 Å². The summed E-state index contributed by atoms with van der Waals surface area (Å²) in [6, 6.07) is 0. The molecule has 9 heteroatoms. The molecule has 0 spiro atoms. The average Bonchev–Trinajstić information content (AvgIpc) is 1.59. The lowest BCUT2D eigenvalue weighted by molar-refractivity contribution is -0.118. The number of alkyl halides is 3. The molecule has 0 aromatic carbocycles.